The quantitative estimate of drug-likeness (QED) is 0.660. The average Bonchev–Trinajstić information content (AvgIpc) is 2.46. The van der Waals surface area contributed by atoms with Gasteiger partial charge in [-0.25, -0.2) is 4.98 Å². The van der Waals surface area contributed by atoms with E-state index >= 15 is 0 Å². The van der Waals surface area contributed by atoms with Crippen LogP contribution in [0.5, 0.6) is 0 Å². The highest BCUT2D eigenvalue weighted by molar-refractivity contribution is 9.10. The molecule has 0 aliphatic carbocycles. The highest BCUT2D eigenvalue weighted by Crippen LogP contribution is 2.24. The molecule has 0 fully saturated rings. The summed E-state index contributed by atoms with van der Waals surface area (Å²) in [5, 5.41) is 14.2. The molecule has 1 aromatic carbocycles. The molecule has 2 aromatic rings. The predicted molar refractivity (Wildman–Crippen MR) is 86.7 cm³/mol. The van der Waals surface area contributed by atoms with Crippen LogP contribution < -0.4 is 10.2 Å². The lowest BCUT2D eigenvalue weighted by Gasteiger charge is -2.12. The van der Waals surface area contributed by atoms with E-state index in [1.165, 1.54) is 6.07 Å². The van der Waals surface area contributed by atoms with E-state index in [1.54, 1.807) is 18.3 Å². The van der Waals surface area contributed by atoms with Crippen molar-refractivity contribution in [3.05, 3.63) is 56.7 Å². The molecule has 0 atom stereocenters. The van der Waals surface area contributed by atoms with Gasteiger partial charge in [0.25, 0.3) is 5.69 Å². The Morgan fingerprint density at radius 1 is 1.33 bits per heavy atom. The number of anilines is 2. The Labute approximate surface area is 131 Å². The zero-order valence-corrected chi connectivity index (χ0v) is 13.3. The van der Waals surface area contributed by atoms with Crippen LogP contribution in [0.25, 0.3) is 0 Å². The SMILES string of the molecule is CN(C)c1ccc(NCc2ccc(Br)cc2[N+](=O)[O-])cn1. The van der Waals surface area contributed by atoms with Crippen molar-refractivity contribution in [2.75, 3.05) is 24.3 Å². The van der Waals surface area contributed by atoms with Crippen LogP contribution in [0, 0.1) is 10.1 Å². The van der Waals surface area contributed by atoms with E-state index in [0.29, 0.717) is 16.6 Å². The average molecular weight is 351 g/mol. The molecule has 0 bridgehead atoms. The van der Waals surface area contributed by atoms with Crippen molar-refractivity contribution in [3.63, 3.8) is 0 Å². The molecule has 1 N–H and O–H groups in total. The molecule has 1 aromatic heterocycles. The minimum absolute atomic E-state index is 0.0924. The fourth-order valence-electron chi connectivity index (χ4n) is 1.81. The Morgan fingerprint density at radius 3 is 2.67 bits per heavy atom. The molecule has 6 nitrogen and oxygen atoms in total. The van der Waals surface area contributed by atoms with E-state index in [2.05, 4.69) is 26.2 Å². The first-order valence-electron chi connectivity index (χ1n) is 6.27. The summed E-state index contributed by atoms with van der Waals surface area (Å²) >= 11 is 3.24. The van der Waals surface area contributed by atoms with E-state index < -0.39 is 0 Å². The molecule has 0 saturated heterocycles. The highest BCUT2D eigenvalue weighted by Gasteiger charge is 2.13. The molecular weight excluding hydrogens is 336 g/mol. The Hall–Kier alpha value is -2.15. The minimum atomic E-state index is -0.380. The summed E-state index contributed by atoms with van der Waals surface area (Å²) in [5.74, 6) is 0.857. The molecule has 21 heavy (non-hydrogen) atoms. The third-order valence-electron chi connectivity index (χ3n) is 2.93. The molecule has 7 heteroatoms. The molecule has 0 amide bonds. The summed E-state index contributed by atoms with van der Waals surface area (Å²) < 4.78 is 0.690. The lowest BCUT2D eigenvalue weighted by Crippen LogP contribution is -2.10. The maximum atomic E-state index is 11.0. The summed E-state index contributed by atoms with van der Waals surface area (Å²) in [6.07, 6.45) is 1.71. The fraction of sp³-hybridized carbons (Fsp3) is 0.214. The number of nitrogens with zero attached hydrogens (tertiary/aromatic N) is 3. The Kier molecular flexibility index (Phi) is 4.74. The number of halogens is 1. The smallest absolute Gasteiger partial charge is 0.275 e. The topological polar surface area (TPSA) is 71.3 Å². The van der Waals surface area contributed by atoms with Gasteiger partial charge in [0.1, 0.15) is 5.82 Å². The van der Waals surface area contributed by atoms with Crippen LogP contribution in [0.3, 0.4) is 0 Å². The van der Waals surface area contributed by atoms with Gasteiger partial charge >= 0.3 is 0 Å². The van der Waals surface area contributed by atoms with Gasteiger partial charge in [0.05, 0.1) is 16.8 Å². The lowest BCUT2D eigenvalue weighted by atomic mass is 10.2. The van der Waals surface area contributed by atoms with E-state index in [0.717, 1.165) is 11.5 Å². The van der Waals surface area contributed by atoms with Crippen LogP contribution in [0.15, 0.2) is 41.0 Å². The van der Waals surface area contributed by atoms with E-state index in [9.17, 15) is 10.1 Å². The third-order valence-corrected chi connectivity index (χ3v) is 3.43. The largest absolute Gasteiger partial charge is 0.379 e. The van der Waals surface area contributed by atoms with Gasteiger partial charge in [0.2, 0.25) is 0 Å². The van der Waals surface area contributed by atoms with E-state index in [-0.39, 0.29) is 10.6 Å². The number of hydrogen-bond acceptors (Lipinski definition) is 5. The van der Waals surface area contributed by atoms with Gasteiger partial charge in [-0.05, 0) is 24.3 Å². The lowest BCUT2D eigenvalue weighted by molar-refractivity contribution is -0.385. The van der Waals surface area contributed by atoms with Crippen molar-refractivity contribution < 1.29 is 4.92 Å². The first kappa shape index (κ1) is 15.2. The van der Waals surface area contributed by atoms with Crippen molar-refractivity contribution >= 4 is 33.1 Å². The van der Waals surface area contributed by atoms with Gasteiger partial charge in [-0.15, -0.1) is 0 Å². The molecule has 0 unspecified atom stereocenters. The number of rotatable bonds is 5. The van der Waals surface area contributed by atoms with Gasteiger partial charge < -0.3 is 10.2 Å². The Balaban J connectivity index is 2.11. The van der Waals surface area contributed by atoms with Crippen LogP contribution in [-0.2, 0) is 6.54 Å². The molecule has 0 aliphatic heterocycles. The van der Waals surface area contributed by atoms with Crippen LogP contribution in [0.2, 0.25) is 0 Å². The molecular formula is C14H15BrN4O2. The monoisotopic (exact) mass is 350 g/mol. The van der Waals surface area contributed by atoms with Crippen LogP contribution in [-0.4, -0.2) is 24.0 Å². The molecule has 1 heterocycles. The molecule has 110 valence electrons. The van der Waals surface area contributed by atoms with Crippen LogP contribution in [0.4, 0.5) is 17.2 Å². The Bertz CT molecular complexity index is 644. The van der Waals surface area contributed by atoms with Crippen LogP contribution >= 0.6 is 15.9 Å². The zero-order valence-electron chi connectivity index (χ0n) is 11.7. The van der Waals surface area contributed by atoms with Gasteiger partial charge in [-0.2, -0.15) is 0 Å². The number of hydrogen-bond donors (Lipinski definition) is 1. The van der Waals surface area contributed by atoms with Gasteiger partial charge in [-0.1, -0.05) is 15.9 Å². The molecule has 2 rings (SSSR count). The number of benzene rings is 1. The maximum Gasteiger partial charge on any atom is 0.275 e. The number of pyridine rings is 1. The van der Waals surface area contributed by atoms with Crippen LogP contribution in [0.1, 0.15) is 5.56 Å². The third kappa shape index (κ3) is 3.91. The molecule has 0 saturated carbocycles. The van der Waals surface area contributed by atoms with Gasteiger partial charge in [-0.3, -0.25) is 10.1 Å². The maximum absolute atomic E-state index is 11.0. The normalized spacial score (nSPS) is 10.2. The molecule has 0 aliphatic rings. The second kappa shape index (κ2) is 6.53. The van der Waals surface area contributed by atoms with Crippen molar-refractivity contribution in [2.45, 2.75) is 6.54 Å². The molecule has 0 spiro atoms. The summed E-state index contributed by atoms with van der Waals surface area (Å²) in [7, 11) is 3.83. The standard InChI is InChI=1S/C14H15BrN4O2/c1-18(2)14-6-5-12(9-17-14)16-8-10-3-4-11(15)7-13(10)19(20)21/h3-7,9,16H,8H2,1-2H3. The van der Waals surface area contributed by atoms with Gasteiger partial charge in [0.15, 0.2) is 0 Å². The van der Waals surface area contributed by atoms with Crippen molar-refractivity contribution in [3.8, 4) is 0 Å². The Morgan fingerprint density at radius 2 is 2.10 bits per heavy atom. The van der Waals surface area contributed by atoms with Crippen molar-refractivity contribution in [2.24, 2.45) is 0 Å². The zero-order chi connectivity index (χ0) is 15.4. The van der Waals surface area contributed by atoms with Crippen molar-refractivity contribution in [1.82, 2.24) is 4.98 Å². The first-order valence-corrected chi connectivity index (χ1v) is 7.07. The summed E-state index contributed by atoms with van der Waals surface area (Å²) in [6, 6.07) is 8.81. The van der Waals surface area contributed by atoms with Gasteiger partial charge in [0, 0.05) is 36.7 Å². The number of nitro benzene ring substituents is 1. The summed E-state index contributed by atoms with van der Waals surface area (Å²) in [5.41, 5.74) is 1.53. The fourth-order valence-corrected chi connectivity index (χ4v) is 2.16. The number of nitrogens with one attached hydrogen (secondary N) is 1. The minimum Gasteiger partial charge on any atom is -0.379 e. The summed E-state index contributed by atoms with van der Waals surface area (Å²) in [4.78, 5) is 16.9. The predicted octanol–water partition coefficient (Wildman–Crippen LogP) is 3.43. The van der Waals surface area contributed by atoms with E-state index in [1.807, 2.05) is 31.1 Å². The highest BCUT2D eigenvalue weighted by atomic mass is 79.9. The van der Waals surface area contributed by atoms with Crippen molar-refractivity contribution in [1.29, 1.82) is 0 Å². The summed E-state index contributed by atoms with van der Waals surface area (Å²) in [6.45, 7) is 0.368. The molecule has 0 radical (unpaired) electrons. The first-order chi connectivity index (χ1) is 9.97. The number of aromatic nitrogens is 1. The number of nitro groups is 1. The second-order valence-corrected chi connectivity index (χ2v) is 5.60. The second-order valence-electron chi connectivity index (χ2n) is 4.68. The van der Waals surface area contributed by atoms with E-state index in [4.69, 9.17) is 0 Å².